The van der Waals surface area contributed by atoms with Crippen molar-refractivity contribution in [1.29, 1.82) is 0 Å². The second-order valence-electron chi connectivity index (χ2n) is 5.43. The number of ether oxygens (including phenoxy) is 1. The summed E-state index contributed by atoms with van der Waals surface area (Å²) in [6, 6.07) is 18.4. The Kier molecular flexibility index (Phi) is 4.89. The van der Waals surface area contributed by atoms with E-state index in [4.69, 9.17) is 4.74 Å². The summed E-state index contributed by atoms with van der Waals surface area (Å²) in [5, 5.41) is 14.0. The highest BCUT2D eigenvalue weighted by Gasteiger charge is 2.10. The van der Waals surface area contributed by atoms with E-state index in [1.165, 1.54) is 0 Å². The van der Waals surface area contributed by atoms with Gasteiger partial charge in [0, 0.05) is 11.4 Å². The molecule has 0 aliphatic carbocycles. The summed E-state index contributed by atoms with van der Waals surface area (Å²) in [4.78, 5) is 12.3. The molecule has 0 unspecified atom stereocenters. The van der Waals surface area contributed by atoms with Gasteiger partial charge in [-0.05, 0) is 55.0 Å². The molecule has 1 aromatic heterocycles. The SMILES string of the molecule is COc1ccc(Nc2ccc(C(=O)Nc3ccccc3C)nn2)cc1. The van der Waals surface area contributed by atoms with Crippen LogP contribution in [0.5, 0.6) is 5.75 Å². The molecule has 3 aromatic rings. The van der Waals surface area contributed by atoms with Gasteiger partial charge in [-0.15, -0.1) is 10.2 Å². The van der Waals surface area contributed by atoms with Crippen LogP contribution in [0.2, 0.25) is 0 Å². The fraction of sp³-hybridized carbons (Fsp3) is 0.105. The second-order valence-corrected chi connectivity index (χ2v) is 5.43. The number of anilines is 3. The van der Waals surface area contributed by atoms with Crippen LogP contribution < -0.4 is 15.4 Å². The largest absolute Gasteiger partial charge is 0.497 e. The normalized spacial score (nSPS) is 10.2. The number of amides is 1. The summed E-state index contributed by atoms with van der Waals surface area (Å²) in [5.41, 5.74) is 2.85. The predicted molar refractivity (Wildman–Crippen MR) is 97.4 cm³/mol. The maximum absolute atomic E-state index is 12.3. The van der Waals surface area contributed by atoms with Crippen molar-refractivity contribution < 1.29 is 9.53 Å². The van der Waals surface area contributed by atoms with E-state index in [1.807, 2.05) is 55.5 Å². The van der Waals surface area contributed by atoms with Crippen LogP contribution >= 0.6 is 0 Å². The Labute approximate surface area is 145 Å². The molecule has 0 atom stereocenters. The number of benzene rings is 2. The summed E-state index contributed by atoms with van der Waals surface area (Å²) in [7, 11) is 1.62. The third kappa shape index (κ3) is 4.11. The van der Waals surface area contributed by atoms with Crippen molar-refractivity contribution in [1.82, 2.24) is 10.2 Å². The van der Waals surface area contributed by atoms with Crippen molar-refractivity contribution in [2.75, 3.05) is 17.7 Å². The van der Waals surface area contributed by atoms with Gasteiger partial charge in [-0.2, -0.15) is 0 Å². The lowest BCUT2D eigenvalue weighted by Gasteiger charge is -2.08. The molecule has 1 amide bonds. The fourth-order valence-corrected chi connectivity index (χ4v) is 2.24. The summed E-state index contributed by atoms with van der Waals surface area (Å²) in [6.07, 6.45) is 0. The van der Waals surface area contributed by atoms with Crippen LogP contribution in [0.15, 0.2) is 60.7 Å². The highest BCUT2D eigenvalue weighted by atomic mass is 16.5. The highest BCUT2D eigenvalue weighted by Crippen LogP contribution is 2.19. The summed E-state index contributed by atoms with van der Waals surface area (Å²) in [6.45, 7) is 1.93. The lowest BCUT2D eigenvalue weighted by atomic mass is 10.2. The van der Waals surface area contributed by atoms with Crippen LogP contribution in [0.3, 0.4) is 0 Å². The van der Waals surface area contributed by atoms with Crippen molar-refractivity contribution >= 4 is 23.1 Å². The molecule has 6 heteroatoms. The number of aromatic nitrogens is 2. The van der Waals surface area contributed by atoms with Gasteiger partial charge in [0.05, 0.1) is 7.11 Å². The van der Waals surface area contributed by atoms with Crippen molar-refractivity contribution in [3.63, 3.8) is 0 Å². The van der Waals surface area contributed by atoms with E-state index < -0.39 is 0 Å². The van der Waals surface area contributed by atoms with Gasteiger partial charge in [0.1, 0.15) is 5.75 Å². The van der Waals surface area contributed by atoms with E-state index in [0.29, 0.717) is 5.82 Å². The molecule has 2 aromatic carbocycles. The zero-order valence-corrected chi connectivity index (χ0v) is 14.0. The van der Waals surface area contributed by atoms with Gasteiger partial charge >= 0.3 is 0 Å². The monoisotopic (exact) mass is 334 g/mol. The van der Waals surface area contributed by atoms with Gasteiger partial charge in [0.2, 0.25) is 0 Å². The average Bonchev–Trinajstić information content (AvgIpc) is 2.65. The predicted octanol–water partition coefficient (Wildman–Crippen LogP) is 3.79. The number of rotatable bonds is 5. The standard InChI is InChI=1S/C19H18N4O2/c1-13-5-3-4-6-16(13)21-19(24)17-11-12-18(23-22-17)20-14-7-9-15(25-2)10-8-14/h3-12H,1-2H3,(H,20,23)(H,21,24). The highest BCUT2D eigenvalue weighted by molar-refractivity contribution is 6.03. The van der Waals surface area contributed by atoms with Gasteiger partial charge in [-0.25, -0.2) is 0 Å². The van der Waals surface area contributed by atoms with Crippen LogP contribution in [0.4, 0.5) is 17.2 Å². The number of methoxy groups -OCH3 is 1. The first-order valence-electron chi connectivity index (χ1n) is 7.77. The molecule has 6 nitrogen and oxygen atoms in total. The van der Waals surface area contributed by atoms with Crippen LogP contribution in [-0.2, 0) is 0 Å². The number of aryl methyl sites for hydroxylation is 1. The molecule has 1 heterocycles. The number of nitrogens with zero attached hydrogens (tertiary/aromatic N) is 2. The van der Waals surface area contributed by atoms with Crippen LogP contribution in [0.1, 0.15) is 16.1 Å². The molecule has 0 saturated carbocycles. The molecule has 0 bridgehead atoms. The van der Waals surface area contributed by atoms with E-state index >= 15 is 0 Å². The number of hydrogen-bond donors (Lipinski definition) is 2. The van der Waals surface area contributed by atoms with Gasteiger partial charge in [0.25, 0.3) is 5.91 Å². The topological polar surface area (TPSA) is 76.1 Å². The molecule has 25 heavy (non-hydrogen) atoms. The van der Waals surface area contributed by atoms with Gasteiger partial charge in [0.15, 0.2) is 11.5 Å². The first kappa shape index (κ1) is 16.4. The van der Waals surface area contributed by atoms with E-state index in [1.54, 1.807) is 19.2 Å². The first-order valence-corrected chi connectivity index (χ1v) is 7.77. The third-order valence-corrected chi connectivity index (χ3v) is 3.65. The fourth-order valence-electron chi connectivity index (χ4n) is 2.24. The Balaban J connectivity index is 1.67. The summed E-state index contributed by atoms with van der Waals surface area (Å²) < 4.78 is 5.12. The van der Waals surface area contributed by atoms with E-state index in [-0.39, 0.29) is 11.6 Å². The summed E-state index contributed by atoms with van der Waals surface area (Å²) >= 11 is 0. The molecule has 0 aliphatic rings. The minimum absolute atomic E-state index is 0.253. The maximum Gasteiger partial charge on any atom is 0.276 e. The quantitative estimate of drug-likeness (QED) is 0.742. The molecule has 3 rings (SSSR count). The molecule has 2 N–H and O–H groups in total. The molecule has 126 valence electrons. The van der Waals surface area contributed by atoms with Crippen molar-refractivity contribution in [3.8, 4) is 5.75 Å². The van der Waals surface area contributed by atoms with Crippen LogP contribution in [0, 0.1) is 6.92 Å². The Morgan fingerprint density at radius 2 is 1.72 bits per heavy atom. The Morgan fingerprint density at radius 1 is 0.960 bits per heavy atom. The van der Waals surface area contributed by atoms with E-state index in [0.717, 1.165) is 22.7 Å². The minimum Gasteiger partial charge on any atom is -0.497 e. The molecule has 0 saturated heterocycles. The van der Waals surface area contributed by atoms with Crippen molar-refractivity contribution in [2.24, 2.45) is 0 Å². The van der Waals surface area contributed by atoms with E-state index in [2.05, 4.69) is 20.8 Å². The van der Waals surface area contributed by atoms with Crippen molar-refractivity contribution in [3.05, 3.63) is 71.9 Å². The lowest BCUT2D eigenvalue weighted by molar-refractivity contribution is 0.102. The molecule has 0 spiro atoms. The molecular weight excluding hydrogens is 316 g/mol. The number of hydrogen-bond acceptors (Lipinski definition) is 5. The third-order valence-electron chi connectivity index (χ3n) is 3.65. The first-order chi connectivity index (χ1) is 12.2. The average molecular weight is 334 g/mol. The van der Waals surface area contributed by atoms with Gasteiger partial charge in [-0.1, -0.05) is 18.2 Å². The molecular formula is C19H18N4O2. The Bertz CT molecular complexity index is 861. The zero-order chi connectivity index (χ0) is 17.6. The second kappa shape index (κ2) is 7.44. The molecule has 0 radical (unpaired) electrons. The molecule has 0 aliphatic heterocycles. The summed E-state index contributed by atoms with van der Waals surface area (Å²) in [5.74, 6) is 1.04. The van der Waals surface area contributed by atoms with Crippen LogP contribution in [-0.4, -0.2) is 23.2 Å². The number of nitrogens with one attached hydrogen (secondary N) is 2. The number of para-hydroxylation sites is 1. The zero-order valence-electron chi connectivity index (χ0n) is 14.0. The minimum atomic E-state index is -0.294. The molecule has 0 fully saturated rings. The Hall–Kier alpha value is -3.41. The Morgan fingerprint density at radius 3 is 2.36 bits per heavy atom. The van der Waals surface area contributed by atoms with Crippen molar-refractivity contribution in [2.45, 2.75) is 6.92 Å². The van der Waals surface area contributed by atoms with E-state index in [9.17, 15) is 4.79 Å². The smallest absolute Gasteiger partial charge is 0.276 e. The number of carbonyl (C=O) groups excluding carboxylic acids is 1. The van der Waals surface area contributed by atoms with Gasteiger partial charge < -0.3 is 15.4 Å². The lowest BCUT2D eigenvalue weighted by Crippen LogP contribution is -2.15. The number of carbonyl (C=O) groups is 1. The van der Waals surface area contributed by atoms with Gasteiger partial charge in [-0.3, -0.25) is 4.79 Å². The van der Waals surface area contributed by atoms with Crippen LogP contribution in [0.25, 0.3) is 0 Å². The maximum atomic E-state index is 12.3.